The molecular weight excluding hydrogens is 340 g/mol. The van der Waals surface area contributed by atoms with E-state index < -0.39 is 10.0 Å². The van der Waals surface area contributed by atoms with E-state index in [4.69, 9.17) is 0 Å². The van der Waals surface area contributed by atoms with E-state index in [9.17, 15) is 13.5 Å². The third kappa shape index (κ3) is 4.20. The maximum Gasteiger partial charge on any atom is 0.243 e. The van der Waals surface area contributed by atoms with E-state index in [-0.39, 0.29) is 12.5 Å². The molecule has 1 fully saturated rings. The van der Waals surface area contributed by atoms with Gasteiger partial charge in [-0.3, -0.25) is 4.68 Å². The zero-order valence-electron chi connectivity index (χ0n) is 14.3. The van der Waals surface area contributed by atoms with Gasteiger partial charge in [0, 0.05) is 50.7 Å². The zero-order valence-corrected chi connectivity index (χ0v) is 15.1. The number of hydrogen-bond donors (Lipinski definition) is 2. The lowest BCUT2D eigenvalue weighted by Gasteiger charge is -2.30. The molecule has 0 saturated carbocycles. The van der Waals surface area contributed by atoms with Crippen molar-refractivity contribution in [2.45, 2.75) is 24.3 Å². The molecular formula is C17H24N4O3S. The first-order valence-electron chi connectivity index (χ1n) is 8.41. The number of nitrogens with zero attached hydrogens (tertiary/aromatic N) is 3. The third-order valence-corrected chi connectivity index (χ3v) is 6.45. The highest BCUT2D eigenvalue weighted by molar-refractivity contribution is 7.89. The molecule has 2 aromatic rings. The highest BCUT2D eigenvalue weighted by Crippen LogP contribution is 2.25. The first kappa shape index (κ1) is 17.9. The predicted molar refractivity (Wildman–Crippen MR) is 95.5 cm³/mol. The van der Waals surface area contributed by atoms with Crippen molar-refractivity contribution >= 4 is 15.7 Å². The molecule has 0 atom stereocenters. The summed E-state index contributed by atoms with van der Waals surface area (Å²) in [6, 6.07) is 6.90. The first-order valence-corrected chi connectivity index (χ1v) is 9.85. The van der Waals surface area contributed by atoms with Crippen molar-refractivity contribution < 1.29 is 13.5 Å². The van der Waals surface area contributed by atoms with Gasteiger partial charge in [-0.1, -0.05) is 6.07 Å². The minimum absolute atomic E-state index is 0.127. The fourth-order valence-corrected chi connectivity index (χ4v) is 4.53. The van der Waals surface area contributed by atoms with Crippen LogP contribution in [0.3, 0.4) is 0 Å². The Bertz CT molecular complexity index is 811. The van der Waals surface area contributed by atoms with Crippen molar-refractivity contribution in [2.75, 3.05) is 25.0 Å². The highest BCUT2D eigenvalue weighted by atomic mass is 32.2. The van der Waals surface area contributed by atoms with Gasteiger partial charge in [0.15, 0.2) is 0 Å². The standard InChI is InChI=1S/C17H24N4O3S/c1-20-12-15(11-19-20)10-18-16-3-2-4-17(9-16)25(23,24)21-7-5-14(13-22)6-8-21/h2-4,9,11-12,14,18,22H,5-8,10,13H2,1H3. The summed E-state index contributed by atoms with van der Waals surface area (Å²) >= 11 is 0. The number of hydrogen-bond acceptors (Lipinski definition) is 5. The number of benzene rings is 1. The summed E-state index contributed by atoms with van der Waals surface area (Å²) in [7, 11) is -1.64. The van der Waals surface area contributed by atoms with Crippen LogP contribution in [0.25, 0.3) is 0 Å². The number of aliphatic hydroxyl groups is 1. The SMILES string of the molecule is Cn1cc(CNc2cccc(S(=O)(=O)N3CCC(CO)CC3)c2)cn1. The summed E-state index contributed by atoms with van der Waals surface area (Å²) in [5, 5.41) is 16.6. The summed E-state index contributed by atoms with van der Waals surface area (Å²) in [5.74, 6) is 0.207. The van der Waals surface area contributed by atoms with Gasteiger partial charge in [0.2, 0.25) is 10.0 Å². The van der Waals surface area contributed by atoms with Crippen molar-refractivity contribution in [3.8, 4) is 0 Å². The van der Waals surface area contributed by atoms with Crippen LogP contribution in [-0.2, 0) is 23.6 Å². The fourth-order valence-electron chi connectivity index (χ4n) is 3.02. The van der Waals surface area contributed by atoms with Gasteiger partial charge in [-0.25, -0.2) is 8.42 Å². The fraction of sp³-hybridized carbons (Fsp3) is 0.471. The number of anilines is 1. The number of nitrogens with one attached hydrogen (secondary N) is 1. The Hall–Kier alpha value is -1.90. The molecule has 1 aliphatic rings. The number of sulfonamides is 1. The summed E-state index contributed by atoms with van der Waals surface area (Å²) in [5.41, 5.74) is 1.79. The number of aliphatic hydroxyl groups excluding tert-OH is 1. The molecule has 1 aromatic carbocycles. The van der Waals surface area contributed by atoms with E-state index in [1.165, 1.54) is 4.31 Å². The van der Waals surface area contributed by atoms with Crippen LogP contribution in [0.4, 0.5) is 5.69 Å². The van der Waals surface area contributed by atoms with Crippen molar-refractivity contribution in [1.82, 2.24) is 14.1 Å². The van der Waals surface area contributed by atoms with Crippen LogP contribution in [0.5, 0.6) is 0 Å². The summed E-state index contributed by atoms with van der Waals surface area (Å²) in [4.78, 5) is 0.297. The quantitative estimate of drug-likeness (QED) is 0.810. The van der Waals surface area contributed by atoms with Gasteiger partial charge >= 0.3 is 0 Å². The van der Waals surface area contributed by atoms with Gasteiger partial charge in [0.25, 0.3) is 0 Å². The third-order valence-electron chi connectivity index (χ3n) is 4.56. The number of piperidine rings is 1. The van der Waals surface area contributed by atoms with Crippen LogP contribution in [0.15, 0.2) is 41.6 Å². The lowest BCUT2D eigenvalue weighted by atomic mass is 10.00. The Kier molecular flexibility index (Phi) is 5.41. The minimum atomic E-state index is -3.50. The molecule has 0 radical (unpaired) electrons. The van der Waals surface area contributed by atoms with E-state index in [0.29, 0.717) is 37.4 Å². The average Bonchev–Trinajstić information content (AvgIpc) is 3.05. The summed E-state index contributed by atoms with van der Waals surface area (Å²) in [6.45, 7) is 1.63. The molecule has 0 amide bonds. The smallest absolute Gasteiger partial charge is 0.243 e. The number of aryl methyl sites for hydroxylation is 1. The van der Waals surface area contributed by atoms with E-state index in [0.717, 1.165) is 11.3 Å². The van der Waals surface area contributed by atoms with Gasteiger partial charge in [-0.2, -0.15) is 9.40 Å². The topological polar surface area (TPSA) is 87.5 Å². The van der Waals surface area contributed by atoms with Crippen LogP contribution in [-0.4, -0.2) is 47.3 Å². The second kappa shape index (κ2) is 7.55. The number of aromatic nitrogens is 2. The molecule has 8 heteroatoms. The lowest BCUT2D eigenvalue weighted by Crippen LogP contribution is -2.39. The Morgan fingerprint density at radius 1 is 1.32 bits per heavy atom. The molecule has 25 heavy (non-hydrogen) atoms. The largest absolute Gasteiger partial charge is 0.396 e. The molecule has 1 aromatic heterocycles. The van der Waals surface area contributed by atoms with Crippen LogP contribution >= 0.6 is 0 Å². The molecule has 0 unspecified atom stereocenters. The Labute approximate surface area is 148 Å². The molecule has 1 aliphatic heterocycles. The molecule has 3 rings (SSSR count). The summed E-state index contributed by atoms with van der Waals surface area (Å²) < 4.78 is 28.9. The van der Waals surface area contributed by atoms with E-state index in [1.807, 2.05) is 19.3 Å². The molecule has 0 aliphatic carbocycles. The zero-order chi connectivity index (χ0) is 17.9. The minimum Gasteiger partial charge on any atom is -0.396 e. The molecule has 0 spiro atoms. The van der Waals surface area contributed by atoms with Crippen LogP contribution in [0, 0.1) is 5.92 Å². The van der Waals surface area contributed by atoms with Crippen molar-refractivity contribution in [1.29, 1.82) is 0 Å². The second-order valence-electron chi connectivity index (χ2n) is 6.43. The highest BCUT2D eigenvalue weighted by Gasteiger charge is 2.29. The molecule has 7 nitrogen and oxygen atoms in total. The maximum atomic E-state index is 12.8. The maximum absolute atomic E-state index is 12.8. The van der Waals surface area contributed by atoms with Crippen LogP contribution in [0.1, 0.15) is 18.4 Å². The van der Waals surface area contributed by atoms with Crippen LogP contribution in [0.2, 0.25) is 0 Å². The Morgan fingerprint density at radius 2 is 2.08 bits per heavy atom. The number of rotatable bonds is 6. The Morgan fingerprint density at radius 3 is 2.72 bits per heavy atom. The van der Waals surface area contributed by atoms with Crippen molar-refractivity contribution in [3.63, 3.8) is 0 Å². The normalized spacial score (nSPS) is 16.9. The Balaban J connectivity index is 1.69. The molecule has 2 heterocycles. The van der Waals surface area contributed by atoms with Gasteiger partial charge in [-0.05, 0) is 37.0 Å². The van der Waals surface area contributed by atoms with Crippen molar-refractivity contribution in [2.24, 2.45) is 13.0 Å². The van der Waals surface area contributed by atoms with E-state index >= 15 is 0 Å². The molecule has 2 N–H and O–H groups in total. The second-order valence-corrected chi connectivity index (χ2v) is 8.37. The van der Waals surface area contributed by atoms with E-state index in [1.54, 1.807) is 29.1 Å². The van der Waals surface area contributed by atoms with E-state index in [2.05, 4.69) is 10.4 Å². The van der Waals surface area contributed by atoms with Gasteiger partial charge in [-0.15, -0.1) is 0 Å². The van der Waals surface area contributed by atoms with Crippen molar-refractivity contribution in [3.05, 3.63) is 42.2 Å². The first-order chi connectivity index (χ1) is 12.0. The van der Waals surface area contributed by atoms with Gasteiger partial charge in [0.05, 0.1) is 11.1 Å². The monoisotopic (exact) mass is 364 g/mol. The molecule has 136 valence electrons. The lowest BCUT2D eigenvalue weighted by molar-refractivity contribution is 0.170. The molecule has 0 bridgehead atoms. The van der Waals surface area contributed by atoms with Crippen LogP contribution < -0.4 is 5.32 Å². The van der Waals surface area contributed by atoms with Gasteiger partial charge < -0.3 is 10.4 Å². The summed E-state index contributed by atoms with van der Waals surface area (Å²) in [6.07, 6.45) is 5.10. The average molecular weight is 364 g/mol. The predicted octanol–water partition coefficient (Wildman–Crippen LogP) is 1.43. The molecule has 1 saturated heterocycles. The van der Waals surface area contributed by atoms with Gasteiger partial charge in [0.1, 0.15) is 0 Å².